The molecule has 0 radical (unpaired) electrons. The molecule has 1 saturated heterocycles. The molecule has 0 saturated carbocycles. The molecular formula is C24H33N3O4. The van der Waals surface area contributed by atoms with Crippen LogP contribution in [0.3, 0.4) is 0 Å². The smallest absolute Gasteiger partial charge is 0.252 e. The van der Waals surface area contributed by atoms with E-state index in [-0.39, 0.29) is 11.9 Å². The highest BCUT2D eigenvalue weighted by molar-refractivity contribution is 5.97. The number of anilines is 1. The zero-order valence-electron chi connectivity index (χ0n) is 19.5. The van der Waals surface area contributed by atoms with E-state index in [1.165, 1.54) is 0 Å². The Morgan fingerprint density at radius 1 is 1.06 bits per heavy atom. The molecular weight excluding hydrogens is 394 g/mol. The Morgan fingerprint density at radius 2 is 1.68 bits per heavy atom. The fourth-order valence-corrected chi connectivity index (χ4v) is 3.75. The third-order valence-corrected chi connectivity index (χ3v) is 5.96. The van der Waals surface area contributed by atoms with Crippen molar-refractivity contribution in [1.29, 1.82) is 0 Å². The van der Waals surface area contributed by atoms with Gasteiger partial charge in [0.15, 0.2) is 11.5 Å². The SMILES string of the molecule is COc1cc([C@@H](C)NC(=O)c2cc(N3CC(N(C)C)C3)ccc2C)cc(OC)c1OC. The Balaban J connectivity index is 1.78. The Bertz CT molecular complexity index is 913. The number of rotatable bonds is 8. The number of ether oxygens (including phenoxy) is 3. The lowest BCUT2D eigenvalue weighted by molar-refractivity contribution is 0.0939. The van der Waals surface area contributed by atoms with Crippen LogP contribution in [-0.2, 0) is 0 Å². The van der Waals surface area contributed by atoms with E-state index in [4.69, 9.17) is 14.2 Å². The number of aryl methyl sites for hydroxylation is 1. The fourth-order valence-electron chi connectivity index (χ4n) is 3.75. The van der Waals surface area contributed by atoms with Gasteiger partial charge in [-0.1, -0.05) is 6.07 Å². The molecule has 31 heavy (non-hydrogen) atoms. The van der Waals surface area contributed by atoms with E-state index in [9.17, 15) is 4.79 Å². The Labute approximate surface area is 184 Å². The topological polar surface area (TPSA) is 63.3 Å². The lowest BCUT2D eigenvalue weighted by Crippen LogP contribution is -2.57. The van der Waals surface area contributed by atoms with E-state index >= 15 is 0 Å². The molecule has 2 aromatic carbocycles. The molecule has 1 amide bonds. The van der Waals surface area contributed by atoms with Crippen LogP contribution in [0.5, 0.6) is 17.2 Å². The first-order valence-electron chi connectivity index (χ1n) is 10.4. The predicted molar refractivity (Wildman–Crippen MR) is 123 cm³/mol. The Hall–Kier alpha value is -2.93. The molecule has 1 aliphatic heterocycles. The van der Waals surface area contributed by atoms with Crippen LogP contribution >= 0.6 is 0 Å². The summed E-state index contributed by atoms with van der Waals surface area (Å²) in [6.45, 7) is 5.84. The van der Waals surface area contributed by atoms with Crippen LogP contribution in [-0.4, -0.2) is 65.4 Å². The number of hydrogen-bond acceptors (Lipinski definition) is 6. The van der Waals surface area contributed by atoms with Crippen molar-refractivity contribution in [2.75, 3.05) is 53.4 Å². The molecule has 0 aromatic heterocycles. The van der Waals surface area contributed by atoms with Crippen LogP contribution in [0, 0.1) is 6.92 Å². The lowest BCUT2D eigenvalue weighted by atomic mass is 10.0. The second-order valence-corrected chi connectivity index (χ2v) is 8.18. The maximum atomic E-state index is 13.1. The molecule has 7 nitrogen and oxygen atoms in total. The maximum absolute atomic E-state index is 13.1. The quantitative estimate of drug-likeness (QED) is 0.698. The zero-order valence-corrected chi connectivity index (χ0v) is 19.5. The Kier molecular flexibility index (Phi) is 6.95. The van der Waals surface area contributed by atoms with Crippen molar-refractivity contribution >= 4 is 11.6 Å². The van der Waals surface area contributed by atoms with Gasteiger partial charge in [0.05, 0.1) is 27.4 Å². The molecule has 1 N–H and O–H groups in total. The van der Waals surface area contributed by atoms with Crippen LogP contribution in [0.4, 0.5) is 5.69 Å². The average Bonchev–Trinajstić information content (AvgIpc) is 2.72. The second kappa shape index (κ2) is 9.47. The number of hydrogen-bond donors (Lipinski definition) is 1. The van der Waals surface area contributed by atoms with Gasteiger partial charge in [0, 0.05) is 30.4 Å². The highest BCUT2D eigenvalue weighted by Crippen LogP contribution is 2.39. The van der Waals surface area contributed by atoms with Crippen molar-refractivity contribution < 1.29 is 19.0 Å². The first kappa shape index (κ1) is 22.7. The first-order valence-corrected chi connectivity index (χ1v) is 10.4. The van der Waals surface area contributed by atoms with Gasteiger partial charge in [-0.25, -0.2) is 0 Å². The summed E-state index contributed by atoms with van der Waals surface area (Å²) in [5.74, 6) is 1.54. The molecule has 2 aromatic rings. The van der Waals surface area contributed by atoms with Gasteiger partial charge in [-0.2, -0.15) is 0 Å². The molecule has 1 aliphatic rings. The van der Waals surface area contributed by atoms with Crippen LogP contribution in [0.25, 0.3) is 0 Å². The van der Waals surface area contributed by atoms with E-state index in [0.29, 0.717) is 28.9 Å². The first-order chi connectivity index (χ1) is 14.8. The van der Waals surface area contributed by atoms with Gasteiger partial charge in [-0.3, -0.25) is 4.79 Å². The number of carbonyl (C=O) groups excluding carboxylic acids is 1. The van der Waals surface area contributed by atoms with Gasteiger partial charge < -0.3 is 29.3 Å². The van der Waals surface area contributed by atoms with E-state index < -0.39 is 0 Å². The van der Waals surface area contributed by atoms with E-state index in [1.807, 2.05) is 38.1 Å². The molecule has 7 heteroatoms. The van der Waals surface area contributed by atoms with Gasteiger partial charge in [0.25, 0.3) is 5.91 Å². The summed E-state index contributed by atoms with van der Waals surface area (Å²) >= 11 is 0. The summed E-state index contributed by atoms with van der Waals surface area (Å²) in [7, 11) is 8.92. The molecule has 1 atom stereocenters. The number of nitrogens with one attached hydrogen (secondary N) is 1. The molecule has 0 unspecified atom stereocenters. The molecule has 0 aliphatic carbocycles. The van der Waals surface area contributed by atoms with Crippen molar-refractivity contribution in [1.82, 2.24) is 10.2 Å². The molecule has 1 heterocycles. The summed E-state index contributed by atoms with van der Waals surface area (Å²) in [4.78, 5) is 17.6. The number of benzene rings is 2. The molecule has 0 bridgehead atoms. The summed E-state index contributed by atoms with van der Waals surface area (Å²) in [5.41, 5.74) is 3.58. The molecule has 3 rings (SSSR count). The summed E-state index contributed by atoms with van der Waals surface area (Å²) < 4.78 is 16.3. The monoisotopic (exact) mass is 427 g/mol. The van der Waals surface area contributed by atoms with Gasteiger partial charge in [-0.05, 0) is 63.3 Å². The Morgan fingerprint density at radius 3 is 2.19 bits per heavy atom. The van der Waals surface area contributed by atoms with Crippen molar-refractivity contribution in [3.63, 3.8) is 0 Å². The summed E-state index contributed by atoms with van der Waals surface area (Å²) in [6.07, 6.45) is 0. The zero-order chi connectivity index (χ0) is 22.7. The lowest BCUT2D eigenvalue weighted by Gasteiger charge is -2.44. The van der Waals surface area contributed by atoms with Gasteiger partial charge in [0.2, 0.25) is 5.75 Å². The standard InChI is InChI=1S/C24H33N3O4/c1-15-8-9-18(27-13-19(14-27)26(3)4)12-20(15)24(28)25-16(2)17-10-21(29-5)23(31-7)22(11-17)30-6/h8-12,16,19H,13-14H2,1-7H3,(H,25,28)/t16-/m1/s1. The second-order valence-electron chi connectivity index (χ2n) is 8.18. The fraction of sp³-hybridized carbons (Fsp3) is 0.458. The highest BCUT2D eigenvalue weighted by Gasteiger charge is 2.29. The minimum Gasteiger partial charge on any atom is -0.493 e. The third kappa shape index (κ3) is 4.71. The van der Waals surface area contributed by atoms with Crippen molar-refractivity contribution in [3.05, 3.63) is 47.0 Å². The number of amides is 1. The third-order valence-electron chi connectivity index (χ3n) is 5.96. The minimum atomic E-state index is -0.244. The normalized spacial score (nSPS) is 14.8. The van der Waals surface area contributed by atoms with Crippen molar-refractivity contribution in [3.8, 4) is 17.2 Å². The van der Waals surface area contributed by atoms with E-state index in [0.717, 1.165) is 29.9 Å². The van der Waals surface area contributed by atoms with E-state index in [2.05, 4.69) is 35.3 Å². The summed E-state index contributed by atoms with van der Waals surface area (Å²) in [5, 5.41) is 3.10. The predicted octanol–water partition coefficient (Wildman–Crippen LogP) is 3.26. The highest BCUT2D eigenvalue weighted by atomic mass is 16.5. The molecule has 168 valence electrons. The number of nitrogens with zero attached hydrogens (tertiary/aromatic N) is 2. The maximum Gasteiger partial charge on any atom is 0.252 e. The minimum absolute atomic E-state index is 0.106. The molecule has 0 spiro atoms. The van der Waals surface area contributed by atoms with Crippen LogP contribution in [0.2, 0.25) is 0 Å². The van der Waals surface area contributed by atoms with E-state index in [1.54, 1.807) is 21.3 Å². The van der Waals surface area contributed by atoms with Gasteiger partial charge in [-0.15, -0.1) is 0 Å². The van der Waals surface area contributed by atoms with Gasteiger partial charge >= 0.3 is 0 Å². The average molecular weight is 428 g/mol. The number of likely N-dealkylation sites (N-methyl/N-ethyl adjacent to an activating group) is 1. The van der Waals surface area contributed by atoms with Crippen LogP contribution < -0.4 is 24.4 Å². The molecule has 1 fully saturated rings. The number of methoxy groups -OCH3 is 3. The van der Waals surface area contributed by atoms with Crippen LogP contribution in [0.1, 0.15) is 34.5 Å². The van der Waals surface area contributed by atoms with Gasteiger partial charge in [0.1, 0.15) is 0 Å². The summed E-state index contributed by atoms with van der Waals surface area (Å²) in [6, 6.07) is 10.1. The largest absolute Gasteiger partial charge is 0.493 e. The number of carbonyl (C=O) groups is 1. The van der Waals surface area contributed by atoms with Crippen molar-refractivity contribution in [2.45, 2.75) is 25.9 Å². The van der Waals surface area contributed by atoms with Crippen LogP contribution in [0.15, 0.2) is 30.3 Å². The van der Waals surface area contributed by atoms with Crippen molar-refractivity contribution in [2.24, 2.45) is 0 Å².